The molecule has 0 aliphatic carbocycles. The van der Waals surface area contributed by atoms with E-state index in [9.17, 15) is 29.1 Å². The molecule has 2 heterocycles. The number of nitrogens with zero attached hydrogens (tertiary/aromatic N) is 1. The van der Waals surface area contributed by atoms with Crippen LogP contribution in [0.5, 0.6) is 0 Å². The van der Waals surface area contributed by atoms with Crippen LogP contribution < -0.4 is 22.1 Å². The average Bonchev–Trinajstić information content (AvgIpc) is 3.52. The number of hydrogen-bond acceptors (Lipinski definition) is 6. The van der Waals surface area contributed by atoms with Gasteiger partial charge in [0.15, 0.2) is 0 Å². The quantitative estimate of drug-likeness (QED) is 0.222. The molecule has 1 fully saturated rings. The molecule has 38 heavy (non-hydrogen) atoms. The molecule has 206 valence electrons. The highest BCUT2D eigenvalue weighted by Crippen LogP contribution is 2.22. The maximum atomic E-state index is 13.4. The summed E-state index contributed by atoms with van der Waals surface area (Å²) in [6.07, 6.45) is 2.42. The molecule has 1 aromatic carbocycles. The summed E-state index contributed by atoms with van der Waals surface area (Å²) in [6, 6.07) is 3.35. The average molecular weight is 529 g/mol. The molecule has 0 saturated carbocycles. The molecule has 1 aliphatic heterocycles. The first-order valence-electron chi connectivity index (χ1n) is 12.7. The number of nitrogens with two attached hydrogens (primary N) is 2. The van der Waals surface area contributed by atoms with Gasteiger partial charge in [-0.1, -0.05) is 32.0 Å². The van der Waals surface area contributed by atoms with Crippen LogP contribution in [-0.4, -0.2) is 75.3 Å². The van der Waals surface area contributed by atoms with Gasteiger partial charge in [-0.2, -0.15) is 0 Å². The number of rotatable bonds is 12. The Morgan fingerprint density at radius 3 is 2.50 bits per heavy atom. The molecule has 4 atom stereocenters. The van der Waals surface area contributed by atoms with E-state index in [1.54, 1.807) is 20.0 Å². The van der Waals surface area contributed by atoms with Gasteiger partial charge in [0, 0.05) is 36.5 Å². The number of aromatic amines is 1. The number of likely N-dealkylation sites (tertiary alicyclic amines) is 1. The van der Waals surface area contributed by atoms with Crippen LogP contribution in [0.4, 0.5) is 0 Å². The van der Waals surface area contributed by atoms with Crippen molar-refractivity contribution in [2.45, 2.75) is 70.1 Å². The number of H-pyrrole nitrogens is 1. The van der Waals surface area contributed by atoms with Gasteiger partial charge in [-0.05, 0) is 36.8 Å². The van der Waals surface area contributed by atoms with E-state index >= 15 is 0 Å². The van der Waals surface area contributed by atoms with Gasteiger partial charge in [-0.3, -0.25) is 19.2 Å². The number of hydrogen-bond donors (Lipinski definition) is 6. The molecule has 1 aromatic heterocycles. The number of para-hydroxylation sites is 1. The minimum absolute atomic E-state index is 0.0477. The van der Waals surface area contributed by atoms with Crippen molar-refractivity contribution in [1.29, 1.82) is 0 Å². The normalized spacial score (nSPS) is 17.7. The third-order valence-corrected chi connectivity index (χ3v) is 6.87. The molecular weight excluding hydrogens is 492 g/mol. The van der Waals surface area contributed by atoms with Gasteiger partial charge < -0.3 is 37.1 Å². The number of nitrogens with one attached hydrogen (secondary N) is 3. The number of primary amides is 1. The largest absolute Gasteiger partial charge is 0.480 e. The first-order valence-corrected chi connectivity index (χ1v) is 12.7. The Bertz CT molecular complexity index is 1190. The number of carbonyl (C=O) groups is 5. The Hall–Kier alpha value is -3.93. The van der Waals surface area contributed by atoms with E-state index in [4.69, 9.17) is 11.5 Å². The lowest BCUT2D eigenvalue weighted by molar-refractivity contribution is -0.145. The predicted octanol–water partition coefficient (Wildman–Crippen LogP) is 0.00440. The molecule has 0 bridgehead atoms. The maximum absolute atomic E-state index is 13.4. The summed E-state index contributed by atoms with van der Waals surface area (Å²) in [5.41, 5.74) is 12.8. The molecule has 3 rings (SSSR count). The van der Waals surface area contributed by atoms with Crippen LogP contribution in [0.2, 0.25) is 0 Å². The Balaban J connectivity index is 1.73. The lowest BCUT2D eigenvalue weighted by atomic mass is 10.0. The molecule has 8 N–H and O–H groups in total. The van der Waals surface area contributed by atoms with Crippen LogP contribution in [0.1, 0.15) is 45.1 Å². The van der Waals surface area contributed by atoms with E-state index < -0.39 is 53.8 Å². The number of benzene rings is 1. The van der Waals surface area contributed by atoms with Gasteiger partial charge in [-0.15, -0.1) is 0 Å². The number of carboxylic acid groups (broad SMARTS) is 1. The van der Waals surface area contributed by atoms with Gasteiger partial charge in [-0.25, -0.2) is 4.79 Å². The van der Waals surface area contributed by atoms with Crippen molar-refractivity contribution in [3.8, 4) is 0 Å². The van der Waals surface area contributed by atoms with Crippen LogP contribution >= 0.6 is 0 Å². The highest BCUT2D eigenvalue weighted by Gasteiger charge is 2.39. The zero-order valence-electron chi connectivity index (χ0n) is 21.6. The zero-order chi connectivity index (χ0) is 28.0. The molecule has 12 heteroatoms. The molecule has 2 aromatic rings. The van der Waals surface area contributed by atoms with Crippen LogP contribution in [-0.2, 0) is 30.4 Å². The molecule has 1 saturated heterocycles. The highest BCUT2D eigenvalue weighted by molar-refractivity contribution is 5.95. The Labute approximate surface area is 220 Å². The second-order valence-electron chi connectivity index (χ2n) is 9.99. The number of aromatic nitrogens is 1. The first-order chi connectivity index (χ1) is 18.0. The van der Waals surface area contributed by atoms with Gasteiger partial charge in [0.25, 0.3) is 0 Å². The van der Waals surface area contributed by atoms with Gasteiger partial charge in [0.1, 0.15) is 18.1 Å². The topological polar surface area (TPSA) is 201 Å². The van der Waals surface area contributed by atoms with Crippen molar-refractivity contribution >= 4 is 40.5 Å². The van der Waals surface area contributed by atoms with Crippen LogP contribution in [0.3, 0.4) is 0 Å². The number of amides is 4. The number of carbonyl (C=O) groups excluding carboxylic acids is 4. The Kier molecular flexibility index (Phi) is 9.45. The lowest BCUT2D eigenvalue weighted by Crippen LogP contribution is -2.57. The number of carboxylic acids is 1. The van der Waals surface area contributed by atoms with Crippen molar-refractivity contribution in [2.75, 3.05) is 6.54 Å². The fourth-order valence-electron chi connectivity index (χ4n) is 4.61. The summed E-state index contributed by atoms with van der Waals surface area (Å²) in [5.74, 6) is -3.71. The fraction of sp³-hybridized carbons (Fsp3) is 0.500. The SMILES string of the molecule is CC(C)C(N)C(=O)NC(CCC(N)=O)C(=O)N1CCCC1C(=O)NC(Cc1c[nH]c2ccccc12)C(=O)O. The number of aliphatic carboxylic acids is 1. The first kappa shape index (κ1) is 28.6. The third kappa shape index (κ3) is 6.88. The van der Waals surface area contributed by atoms with Crippen molar-refractivity contribution < 1.29 is 29.1 Å². The molecule has 0 radical (unpaired) electrons. The van der Waals surface area contributed by atoms with Gasteiger partial charge in [0.05, 0.1) is 6.04 Å². The fourth-order valence-corrected chi connectivity index (χ4v) is 4.61. The summed E-state index contributed by atoms with van der Waals surface area (Å²) in [4.78, 5) is 67.0. The van der Waals surface area contributed by atoms with Crippen LogP contribution in [0.15, 0.2) is 30.5 Å². The molecule has 1 aliphatic rings. The van der Waals surface area contributed by atoms with E-state index in [1.165, 1.54) is 4.90 Å². The van der Waals surface area contributed by atoms with Gasteiger partial charge in [0.2, 0.25) is 23.6 Å². The maximum Gasteiger partial charge on any atom is 0.326 e. The minimum Gasteiger partial charge on any atom is -0.480 e. The van der Waals surface area contributed by atoms with E-state index in [1.807, 2.05) is 24.3 Å². The third-order valence-electron chi connectivity index (χ3n) is 6.87. The van der Waals surface area contributed by atoms with Crippen molar-refractivity contribution in [2.24, 2.45) is 17.4 Å². The summed E-state index contributed by atoms with van der Waals surface area (Å²) in [7, 11) is 0. The summed E-state index contributed by atoms with van der Waals surface area (Å²) < 4.78 is 0. The standard InChI is InChI=1S/C26H36N6O6/c1-14(2)22(28)24(35)30-18(9-10-21(27)33)25(36)32-11-5-8-20(32)23(34)31-19(26(37)38)12-15-13-29-17-7-4-3-6-16(15)17/h3-4,6-7,13-14,18-20,22,29H,5,8-12,28H2,1-2H3,(H2,27,33)(H,30,35)(H,31,34)(H,37,38). The van der Waals surface area contributed by atoms with E-state index in [2.05, 4.69) is 15.6 Å². The van der Waals surface area contributed by atoms with E-state index in [-0.39, 0.29) is 31.7 Å². The Morgan fingerprint density at radius 1 is 1.13 bits per heavy atom. The second kappa shape index (κ2) is 12.5. The minimum atomic E-state index is -1.21. The monoisotopic (exact) mass is 528 g/mol. The highest BCUT2D eigenvalue weighted by atomic mass is 16.4. The molecular formula is C26H36N6O6. The van der Waals surface area contributed by atoms with Crippen LogP contribution in [0.25, 0.3) is 10.9 Å². The second-order valence-corrected chi connectivity index (χ2v) is 9.99. The van der Waals surface area contributed by atoms with E-state index in [0.717, 1.165) is 16.5 Å². The molecule has 4 amide bonds. The van der Waals surface area contributed by atoms with Crippen molar-refractivity contribution in [1.82, 2.24) is 20.5 Å². The number of fused-ring (bicyclic) bond motifs is 1. The van der Waals surface area contributed by atoms with Crippen molar-refractivity contribution in [3.05, 3.63) is 36.0 Å². The van der Waals surface area contributed by atoms with Crippen molar-refractivity contribution in [3.63, 3.8) is 0 Å². The molecule has 12 nitrogen and oxygen atoms in total. The molecule has 4 unspecified atom stereocenters. The summed E-state index contributed by atoms with van der Waals surface area (Å²) in [6.45, 7) is 3.78. The summed E-state index contributed by atoms with van der Waals surface area (Å²) in [5, 5.41) is 15.9. The molecule has 0 spiro atoms. The van der Waals surface area contributed by atoms with E-state index in [0.29, 0.717) is 12.8 Å². The predicted molar refractivity (Wildman–Crippen MR) is 139 cm³/mol. The Morgan fingerprint density at radius 2 is 1.84 bits per heavy atom. The summed E-state index contributed by atoms with van der Waals surface area (Å²) >= 11 is 0. The smallest absolute Gasteiger partial charge is 0.326 e. The lowest BCUT2D eigenvalue weighted by Gasteiger charge is -2.30. The van der Waals surface area contributed by atoms with Crippen LogP contribution in [0, 0.1) is 5.92 Å². The zero-order valence-corrected chi connectivity index (χ0v) is 21.6. The van der Waals surface area contributed by atoms with Gasteiger partial charge >= 0.3 is 5.97 Å².